The predicted molar refractivity (Wildman–Crippen MR) is 84.9 cm³/mol. The fourth-order valence-electron chi connectivity index (χ4n) is 3.83. The second kappa shape index (κ2) is 6.43. The lowest BCUT2D eigenvalue weighted by Crippen LogP contribution is -2.51. The van der Waals surface area contributed by atoms with Gasteiger partial charge in [-0.15, -0.1) is 0 Å². The molecule has 2 bridgehead atoms. The molecule has 1 aliphatic heterocycles. The molecule has 0 amide bonds. The van der Waals surface area contributed by atoms with Gasteiger partial charge in [-0.25, -0.2) is 0 Å². The van der Waals surface area contributed by atoms with E-state index in [-0.39, 0.29) is 11.8 Å². The van der Waals surface area contributed by atoms with Gasteiger partial charge in [0.2, 0.25) is 11.3 Å². The van der Waals surface area contributed by atoms with Crippen LogP contribution < -0.4 is 0 Å². The van der Waals surface area contributed by atoms with Crippen LogP contribution >= 0.6 is 0 Å². The van der Waals surface area contributed by atoms with E-state index in [1.807, 2.05) is 6.08 Å². The Morgan fingerprint density at radius 1 is 1.13 bits per heavy atom. The van der Waals surface area contributed by atoms with Crippen molar-refractivity contribution in [3.63, 3.8) is 0 Å². The monoisotopic (exact) mass is 310 g/mol. The van der Waals surface area contributed by atoms with Crippen LogP contribution in [0.5, 0.6) is 0 Å². The molecular formula is C18H22N4O. The molecule has 2 aliphatic rings. The first-order valence-electron chi connectivity index (χ1n) is 8.27. The number of nitriles is 3. The summed E-state index contributed by atoms with van der Waals surface area (Å²) in [6.45, 7) is 4.14. The van der Waals surface area contributed by atoms with Crippen LogP contribution in [0.2, 0.25) is 0 Å². The maximum absolute atomic E-state index is 9.87. The van der Waals surface area contributed by atoms with Crippen molar-refractivity contribution in [2.75, 3.05) is 0 Å². The number of unbranched alkanes of at least 4 members (excludes halogenated alkanes) is 2. The summed E-state index contributed by atoms with van der Waals surface area (Å²) in [5.41, 5.74) is -2.19. The van der Waals surface area contributed by atoms with Gasteiger partial charge < -0.3 is 4.74 Å². The zero-order valence-corrected chi connectivity index (χ0v) is 13.7. The van der Waals surface area contributed by atoms with Crippen molar-refractivity contribution in [3.05, 3.63) is 11.6 Å². The fourth-order valence-corrected chi connectivity index (χ4v) is 3.83. The smallest absolute Gasteiger partial charge is 0.211 e. The quantitative estimate of drug-likeness (QED) is 0.752. The molecule has 1 aliphatic carbocycles. The molecule has 3 atom stereocenters. The molecule has 23 heavy (non-hydrogen) atoms. The largest absolute Gasteiger partial charge is 0.469 e. The van der Waals surface area contributed by atoms with Crippen molar-refractivity contribution in [1.29, 1.82) is 21.2 Å². The van der Waals surface area contributed by atoms with Gasteiger partial charge in [-0.2, -0.15) is 15.8 Å². The second-order valence-corrected chi connectivity index (χ2v) is 6.37. The molecule has 1 fully saturated rings. The zero-order chi connectivity index (χ0) is 17.1. The van der Waals surface area contributed by atoms with E-state index in [0.717, 1.165) is 37.7 Å². The molecule has 0 radical (unpaired) electrons. The molecule has 120 valence electrons. The Hall–Kier alpha value is -2.32. The van der Waals surface area contributed by atoms with Gasteiger partial charge in [0.05, 0.1) is 18.2 Å². The molecule has 0 aromatic carbocycles. The van der Waals surface area contributed by atoms with Crippen LogP contribution in [0.15, 0.2) is 11.6 Å². The molecule has 0 saturated carbocycles. The molecule has 3 unspecified atom stereocenters. The van der Waals surface area contributed by atoms with Crippen LogP contribution in [0.3, 0.4) is 0 Å². The highest BCUT2D eigenvalue weighted by Gasteiger charge is 2.73. The standard InChI is InChI=1S/C18H22N4O/c1-3-5-7-13-9-14(8-6-4-2)18(12-21)16(22)23-15(13)17(18,10-19)11-20/h9,14-15,22H,3-8H2,1-2H3. The highest BCUT2D eigenvalue weighted by Crippen LogP contribution is 2.60. The Labute approximate surface area is 137 Å². The number of nitrogens with zero attached hydrogens (tertiary/aromatic N) is 3. The van der Waals surface area contributed by atoms with E-state index in [9.17, 15) is 15.8 Å². The minimum atomic E-state index is -1.62. The minimum Gasteiger partial charge on any atom is -0.469 e. The SMILES string of the molecule is CCCCC1=CC(CCCC)C2(C#N)C(=N)OC1C2(C#N)C#N. The third-order valence-electron chi connectivity index (χ3n) is 5.13. The summed E-state index contributed by atoms with van der Waals surface area (Å²) in [5.74, 6) is -0.526. The number of hydrogen-bond donors (Lipinski definition) is 1. The summed E-state index contributed by atoms with van der Waals surface area (Å²) in [5, 5.41) is 37.7. The van der Waals surface area contributed by atoms with E-state index in [1.54, 1.807) is 0 Å². The van der Waals surface area contributed by atoms with E-state index in [1.165, 1.54) is 0 Å². The third-order valence-corrected chi connectivity index (χ3v) is 5.13. The van der Waals surface area contributed by atoms with E-state index in [0.29, 0.717) is 6.42 Å². The van der Waals surface area contributed by atoms with E-state index in [2.05, 4.69) is 32.1 Å². The Morgan fingerprint density at radius 2 is 1.78 bits per heavy atom. The van der Waals surface area contributed by atoms with Gasteiger partial charge in [-0.05, 0) is 24.8 Å². The first-order chi connectivity index (χ1) is 11.1. The van der Waals surface area contributed by atoms with Crippen molar-refractivity contribution >= 4 is 5.90 Å². The van der Waals surface area contributed by atoms with Gasteiger partial charge in [-0.3, -0.25) is 5.41 Å². The zero-order valence-electron chi connectivity index (χ0n) is 13.7. The molecule has 0 spiro atoms. The number of fused-ring (bicyclic) bond motifs is 2. The van der Waals surface area contributed by atoms with Gasteiger partial charge in [-0.1, -0.05) is 39.2 Å². The molecule has 2 rings (SSSR count). The third kappa shape index (κ3) is 2.13. The van der Waals surface area contributed by atoms with Crippen molar-refractivity contribution < 1.29 is 4.74 Å². The maximum Gasteiger partial charge on any atom is 0.211 e. The van der Waals surface area contributed by atoms with E-state index in [4.69, 9.17) is 10.1 Å². The van der Waals surface area contributed by atoms with Gasteiger partial charge in [0.25, 0.3) is 0 Å². The number of rotatable bonds is 6. The molecule has 1 saturated heterocycles. The average Bonchev–Trinajstić information content (AvgIpc) is 2.76. The number of hydrogen-bond acceptors (Lipinski definition) is 5. The molecule has 1 N–H and O–H groups in total. The first kappa shape index (κ1) is 17.0. The fraction of sp³-hybridized carbons (Fsp3) is 0.667. The van der Waals surface area contributed by atoms with Crippen LogP contribution in [0.1, 0.15) is 52.4 Å². The Balaban J connectivity index is 2.61. The minimum absolute atomic E-state index is 0.211. The summed E-state index contributed by atoms with van der Waals surface area (Å²) in [7, 11) is 0. The van der Waals surface area contributed by atoms with Crippen LogP contribution in [-0.4, -0.2) is 12.0 Å². The van der Waals surface area contributed by atoms with Gasteiger partial charge in [0, 0.05) is 5.92 Å². The Bertz CT molecular complexity index is 631. The Kier molecular flexibility index (Phi) is 4.76. The summed E-state index contributed by atoms with van der Waals surface area (Å²) >= 11 is 0. The second-order valence-electron chi connectivity index (χ2n) is 6.37. The number of nitrogens with one attached hydrogen (secondary N) is 1. The molecule has 5 heteroatoms. The molecule has 1 heterocycles. The van der Waals surface area contributed by atoms with Crippen LogP contribution in [0.4, 0.5) is 0 Å². The topological polar surface area (TPSA) is 104 Å². The first-order valence-corrected chi connectivity index (χ1v) is 8.27. The van der Waals surface area contributed by atoms with Crippen molar-refractivity contribution in [3.8, 4) is 18.2 Å². The van der Waals surface area contributed by atoms with Crippen molar-refractivity contribution in [2.24, 2.45) is 16.7 Å². The highest BCUT2D eigenvalue weighted by molar-refractivity contribution is 5.90. The van der Waals surface area contributed by atoms with Gasteiger partial charge in [0.15, 0.2) is 11.5 Å². The normalized spacial score (nSPS) is 30.6. The van der Waals surface area contributed by atoms with E-state index < -0.39 is 16.9 Å². The van der Waals surface area contributed by atoms with Crippen molar-refractivity contribution in [1.82, 2.24) is 0 Å². The van der Waals surface area contributed by atoms with E-state index >= 15 is 0 Å². The van der Waals surface area contributed by atoms with Crippen LogP contribution in [-0.2, 0) is 4.74 Å². The lowest BCUT2D eigenvalue weighted by Gasteiger charge is -2.39. The van der Waals surface area contributed by atoms with Gasteiger partial charge in [0.1, 0.15) is 0 Å². The lowest BCUT2D eigenvalue weighted by molar-refractivity contribution is 0.143. The van der Waals surface area contributed by atoms with Crippen LogP contribution in [0.25, 0.3) is 0 Å². The molecule has 0 aromatic heterocycles. The maximum atomic E-state index is 9.87. The lowest BCUT2D eigenvalue weighted by atomic mass is 9.53. The summed E-state index contributed by atoms with van der Waals surface area (Å²) in [4.78, 5) is 0. The van der Waals surface area contributed by atoms with Crippen molar-refractivity contribution in [2.45, 2.75) is 58.5 Å². The Morgan fingerprint density at radius 3 is 2.30 bits per heavy atom. The summed E-state index contributed by atoms with van der Waals surface area (Å²) in [6, 6.07) is 6.30. The molecule has 5 nitrogen and oxygen atoms in total. The predicted octanol–water partition coefficient (Wildman–Crippen LogP) is 3.84. The van der Waals surface area contributed by atoms with Crippen LogP contribution in [0, 0.1) is 56.2 Å². The summed E-state index contributed by atoms with van der Waals surface area (Å²) < 4.78 is 5.64. The number of ether oxygens (including phenoxy) is 1. The summed E-state index contributed by atoms with van der Waals surface area (Å²) in [6.07, 6.45) is 6.44. The number of allylic oxidation sites excluding steroid dienone is 1. The average molecular weight is 310 g/mol. The van der Waals surface area contributed by atoms with Gasteiger partial charge >= 0.3 is 0 Å². The molecule has 0 aromatic rings. The molecular weight excluding hydrogens is 288 g/mol. The highest BCUT2D eigenvalue weighted by atomic mass is 16.5.